The van der Waals surface area contributed by atoms with Crippen LogP contribution < -0.4 is 5.32 Å². The molecule has 0 aliphatic carbocycles. The maximum atomic E-state index is 11.9. The summed E-state index contributed by atoms with van der Waals surface area (Å²) in [6.07, 6.45) is 0. The summed E-state index contributed by atoms with van der Waals surface area (Å²) in [4.78, 5) is 17.6. The highest BCUT2D eigenvalue weighted by atomic mass is 32.1. The van der Waals surface area contributed by atoms with E-state index in [-0.39, 0.29) is 12.5 Å². The fraction of sp³-hybridized carbons (Fsp3) is 0.267. The smallest absolute Gasteiger partial charge is 0.251 e. The van der Waals surface area contributed by atoms with Crippen molar-refractivity contribution >= 4 is 34.4 Å². The molecule has 0 radical (unpaired) electrons. The normalized spacial score (nSPS) is 10.9. The van der Waals surface area contributed by atoms with E-state index in [0.717, 1.165) is 16.3 Å². The molecule has 0 aromatic carbocycles. The Bertz CT molecular complexity index is 792. The molecule has 0 aliphatic rings. The molecule has 1 N–H and O–H groups in total. The van der Waals surface area contributed by atoms with E-state index in [2.05, 4.69) is 15.4 Å². The quantitative estimate of drug-likeness (QED) is 0.742. The molecule has 6 nitrogen and oxygen atoms in total. The highest BCUT2D eigenvalue weighted by Crippen LogP contribution is 2.29. The highest BCUT2D eigenvalue weighted by Gasteiger charge is 2.14. The molecule has 0 aliphatic heterocycles. The zero-order valence-corrected chi connectivity index (χ0v) is 14.4. The lowest BCUT2D eigenvalue weighted by Gasteiger charge is -2.06. The van der Waals surface area contributed by atoms with Crippen LogP contribution in [0.5, 0.6) is 0 Å². The number of nitrogens with one attached hydrogen (secondary N) is 1. The first kappa shape index (κ1) is 15.9. The lowest BCUT2D eigenvalue weighted by atomic mass is 10.4. The predicted molar refractivity (Wildman–Crippen MR) is 92.4 cm³/mol. The van der Waals surface area contributed by atoms with Gasteiger partial charge in [-0.1, -0.05) is 6.07 Å². The molecule has 0 atom stereocenters. The van der Waals surface area contributed by atoms with Crippen molar-refractivity contribution < 1.29 is 9.53 Å². The largest absolute Gasteiger partial charge is 0.372 e. The Kier molecular flexibility index (Phi) is 4.85. The SMILES string of the molecule is CCOCC(=O)Nc1cc(C)nn1-c1nc(-c2cccs2)cs1. The van der Waals surface area contributed by atoms with Crippen LogP contribution >= 0.6 is 22.7 Å². The summed E-state index contributed by atoms with van der Waals surface area (Å²) in [5, 5.41) is 12.0. The molecule has 23 heavy (non-hydrogen) atoms. The van der Waals surface area contributed by atoms with E-state index < -0.39 is 0 Å². The Labute approximate surface area is 141 Å². The zero-order valence-electron chi connectivity index (χ0n) is 12.8. The minimum atomic E-state index is -0.206. The van der Waals surface area contributed by atoms with Crippen molar-refractivity contribution in [1.29, 1.82) is 0 Å². The van der Waals surface area contributed by atoms with E-state index in [9.17, 15) is 4.79 Å². The highest BCUT2D eigenvalue weighted by molar-refractivity contribution is 7.15. The number of hydrogen-bond acceptors (Lipinski definition) is 6. The molecule has 1 amide bonds. The van der Waals surface area contributed by atoms with Crippen molar-refractivity contribution in [3.63, 3.8) is 0 Å². The van der Waals surface area contributed by atoms with Gasteiger partial charge in [-0.05, 0) is 25.3 Å². The average Bonchev–Trinajstić information content (AvgIpc) is 3.24. The third kappa shape index (κ3) is 3.66. The van der Waals surface area contributed by atoms with E-state index >= 15 is 0 Å². The topological polar surface area (TPSA) is 69.0 Å². The van der Waals surface area contributed by atoms with E-state index in [0.29, 0.717) is 17.6 Å². The van der Waals surface area contributed by atoms with Gasteiger partial charge >= 0.3 is 0 Å². The molecular weight excluding hydrogens is 332 g/mol. The second kappa shape index (κ2) is 7.03. The zero-order chi connectivity index (χ0) is 16.2. The third-order valence-electron chi connectivity index (χ3n) is 2.98. The summed E-state index contributed by atoms with van der Waals surface area (Å²) in [6, 6.07) is 5.84. The second-order valence-electron chi connectivity index (χ2n) is 4.76. The van der Waals surface area contributed by atoms with Crippen LogP contribution in [0.15, 0.2) is 29.0 Å². The summed E-state index contributed by atoms with van der Waals surface area (Å²) in [5.74, 6) is 0.391. The number of hydrogen-bond donors (Lipinski definition) is 1. The molecule has 0 bridgehead atoms. The average molecular weight is 348 g/mol. The van der Waals surface area contributed by atoms with Gasteiger partial charge in [-0.3, -0.25) is 4.79 Å². The molecule has 3 aromatic heterocycles. The number of carbonyl (C=O) groups excluding carboxylic acids is 1. The number of nitrogens with zero attached hydrogens (tertiary/aromatic N) is 3. The molecule has 120 valence electrons. The first-order chi connectivity index (χ1) is 11.2. The molecule has 3 rings (SSSR count). The van der Waals surface area contributed by atoms with Crippen LogP contribution in [0.1, 0.15) is 12.6 Å². The Morgan fingerprint density at radius 2 is 2.30 bits per heavy atom. The molecule has 3 aromatic rings. The van der Waals surface area contributed by atoms with E-state index in [1.165, 1.54) is 11.3 Å². The van der Waals surface area contributed by atoms with Crippen LogP contribution in [0, 0.1) is 6.92 Å². The van der Waals surface area contributed by atoms with Crippen LogP contribution in [0.2, 0.25) is 0 Å². The van der Waals surface area contributed by atoms with Crippen molar-refractivity contribution in [2.45, 2.75) is 13.8 Å². The number of aryl methyl sites for hydroxylation is 1. The number of aromatic nitrogens is 3. The summed E-state index contributed by atoms with van der Waals surface area (Å²) < 4.78 is 6.77. The van der Waals surface area contributed by atoms with Gasteiger partial charge < -0.3 is 10.1 Å². The van der Waals surface area contributed by atoms with Crippen molar-refractivity contribution in [3.8, 4) is 15.7 Å². The number of anilines is 1. The molecule has 0 saturated heterocycles. The lowest BCUT2D eigenvalue weighted by Crippen LogP contribution is -2.20. The number of ether oxygens (including phenoxy) is 1. The number of rotatable bonds is 6. The molecule has 0 spiro atoms. The third-order valence-corrected chi connectivity index (χ3v) is 4.69. The summed E-state index contributed by atoms with van der Waals surface area (Å²) in [6.45, 7) is 4.26. The van der Waals surface area contributed by atoms with E-state index in [1.54, 1.807) is 16.0 Å². The van der Waals surface area contributed by atoms with Gasteiger partial charge in [-0.25, -0.2) is 4.98 Å². The molecular formula is C15H16N4O2S2. The van der Waals surface area contributed by atoms with Crippen molar-refractivity contribution in [2.24, 2.45) is 0 Å². The molecule has 0 saturated carbocycles. The lowest BCUT2D eigenvalue weighted by molar-refractivity contribution is -0.120. The van der Waals surface area contributed by atoms with Crippen LogP contribution in [0.3, 0.4) is 0 Å². The van der Waals surface area contributed by atoms with E-state index in [4.69, 9.17) is 4.74 Å². The number of thiazole rings is 1. The molecule has 3 heterocycles. The van der Waals surface area contributed by atoms with Crippen LogP contribution in [-0.2, 0) is 9.53 Å². The van der Waals surface area contributed by atoms with Crippen molar-refractivity contribution in [1.82, 2.24) is 14.8 Å². The second-order valence-corrected chi connectivity index (χ2v) is 6.54. The van der Waals surface area contributed by atoms with Gasteiger partial charge in [0.1, 0.15) is 12.4 Å². The summed E-state index contributed by atoms with van der Waals surface area (Å²) >= 11 is 3.13. The Morgan fingerprint density at radius 1 is 1.43 bits per heavy atom. The van der Waals surface area contributed by atoms with Gasteiger partial charge in [-0.2, -0.15) is 9.78 Å². The Hall–Kier alpha value is -2.03. The Balaban J connectivity index is 1.84. The fourth-order valence-corrected chi connectivity index (χ4v) is 3.55. The van der Waals surface area contributed by atoms with Crippen LogP contribution in [0.25, 0.3) is 15.7 Å². The summed E-state index contributed by atoms with van der Waals surface area (Å²) in [7, 11) is 0. The van der Waals surface area contributed by atoms with E-state index in [1.807, 2.05) is 42.8 Å². The maximum Gasteiger partial charge on any atom is 0.251 e. The minimum absolute atomic E-state index is 0.0268. The van der Waals surface area contributed by atoms with Gasteiger partial charge in [-0.15, -0.1) is 22.7 Å². The van der Waals surface area contributed by atoms with Crippen molar-refractivity contribution in [2.75, 3.05) is 18.5 Å². The first-order valence-corrected chi connectivity index (χ1v) is 8.87. The molecule has 0 fully saturated rings. The molecule has 0 unspecified atom stereocenters. The first-order valence-electron chi connectivity index (χ1n) is 7.11. The molecule has 8 heteroatoms. The summed E-state index contributed by atoms with van der Waals surface area (Å²) in [5.41, 5.74) is 1.73. The Morgan fingerprint density at radius 3 is 3.04 bits per heavy atom. The van der Waals surface area contributed by atoms with Gasteiger partial charge in [0.05, 0.1) is 16.3 Å². The standard InChI is InChI=1S/C15H16N4O2S2/c1-3-21-8-14(20)17-13-7-10(2)18-19(13)15-16-11(9-23-15)12-5-4-6-22-12/h4-7,9H,3,8H2,1-2H3,(H,17,20). The van der Waals surface area contributed by atoms with Gasteiger partial charge in [0, 0.05) is 18.1 Å². The van der Waals surface area contributed by atoms with Crippen molar-refractivity contribution in [3.05, 3.63) is 34.7 Å². The van der Waals surface area contributed by atoms with Crippen LogP contribution in [-0.4, -0.2) is 33.9 Å². The minimum Gasteiger partial charge on any atom is -0.372 e. The van der Waals surface area contributed by atoms with Gasteiger partial charge in [0.25, 0.3) is 5.91 Å². The van der Waals surface area contributed by atoms with Gasteiger partial charge in [0.15, 0.2) is 0 Å². The number of carbonyl (C=O) groups is 1. The van der Waals surface area contributed by atoms with Gasteiger partial charge in [0.2, 0.25) is 5.13 Å². The maximum absolute atomic E-state index is 11.9. The fourth-order valence-electron chi connectivity index (χ4n) is 2.01. The predicted octanol–water partition coefficient (Wildman–Crippen LogP) is 3.34. The monoisotopic (exact) mass is 348 g/mol. The van der Waals surface area contributed by atoms with Crippen LogP contribution in [0.4, 0.5) is 5.82 Å². The number of amides is 1. The number of thiophene rings is 1.